The van der Waals surface area contributed by atoms with Gasteiger partial charge in [0.2, 0.25) is 0 Å². The van der Waals surface area contributed by atoms with E-state index < -0.39 is 12.2 Å². The molecule has 0 aromatic carbocycles. The topological polar surface area (TPSA) is 66.8 Å². The molecule has 0 saturated carbocycles. The van der Waals surface area contributed by atoms with Gasteiger partial charge in [0.25, 0.3) is 0 Å². The number of ether oxygens (including phenoxy) is 1. The third-order valence-corrected chi connectivity index (χ3v) is 8.32. The minimum Gasteiger partial charge on any atom is -0.455 e. The number of allylic oxidation sites excluding steroid dienone is 4. The first-order valence-electron chi connectivity index (χ1n) is 17.6. The van der Waals surface area contributed by atoms with E-state index >= 15 is 0 Å². The van der Waals surface area contributed by atoms with Crippen molar-refractivity contribution in [2.75, 3.05) is 0 Å². The van der Waals surface area contributed by atoms with Crippen molar-refractivity contribution in [2.24, 2.45) is 0 Å². The molecule has 1 heterocycles. The van der Waals surface area contributed by atoms with E-state index in [0.29, 0.717) is 12.8 Å². The summed E-state index contributed by atoms with van der Waals surface area (Å²) in [4.78, 5) is 11.6. The number of unbranched alkanes of at least 4 members (excludes halogenated alkanes) is 18. The van der Waals surface area contributed by atoms with Crippen molar-refractivity contribution < 1.29 is 19.7 Å². The normalized spacial score (nSPS) is 17.0. The van der Waals surface area contributed by atoms with Gasteiger partial charge in [0.05, 0.1) is 12.2 Å². The summed E-state index contributed by atoms with van der Waals surface area (Å²) in [5.74, 6) is -0.130. The van der Waals surface area contributed by atoms with Gasteiger partial charge in [-0.3, -0.25) is 0 Å². The van der Waals surface area contributed by atoms with Gasteiger partial charge in [-0.15, -0.1) is 0 Å². The molecule has 0 saturated heterocycles. The van der Waals surface area contributed by atoms with E-state index in [0.717, 1.165) is 56.9 Å². The first-order valence-corrected chi connectivity index (χ1v) is 17.6. The second-order valence-corrected chi connectivity index (χ2v) is 12.4. The minimum atomic E-state index is -0.615. The molecule has 3 atom stereocenters. The zero-order chi connectivity index (χ0) is 29.8. The van der Waals surface area contributed by atoms with E-state index in [1.165, 1.54) is 96.3 Å². The first-order chi connectivity index (χ1) is 20.0. The lowest BCUT2D eigenvalue weighted by atomic mass is 10.0. The van der Waals surface area contributed by atoms with Crippen molar-refractivity contribution in [1.29, 1.82) is 0 Å². The Balaban J connectivity index is 1.83. The SMILES string of the molecule is CCCCCCCCCCCC/C=C\CC/C=C\CC[C@H](O)[C@@H](O)CCCCCCCCCCC1=CC(C)OC1=O. The molecule has 41 heavy (non-hydrogen) atoms. The average molecular weight is 575 g/mol. The highest BCUT2D eigenvalue weighted by molar-refractivity contribution is 5.90. The summed E-state index contributed by atoms with van der Waals surface area (Å²) in [5, 5.41) is 20.5. The van der Waals surface area contributed by atoms with Crippen molar-refractivity contribution >= 4 is 5.97 Å². The lowest BCUT2D eigenvalue weighted by molar-refractivity contribution is -0.139. The largest absolute Gasteiger partial charge is 0.455 e. The van der Waals surface area contributed by atoms with Gasteiger partial charge in [0, 0.05) is 5.57 Å². The number of carbonyl (C=O) groups is 1. The molecule has 1 rings (SSSR count). The van der Waals surface area contributed by atoms with E-state index in [2.05, 4.69) is 31.2 Å². The molecule has 4 nitrogen and oxygen atoms in total. The molecule has 0 bridgehead atoms. The Bertz CT molecular complexity index is 695. The highest BCUT2D eigenvalue weighted by Gasteiger charge is 2.21. The molecule has 0 amide bonds. The van der Waals surface area contributed by atoms with Crippen molar-refractivity contribution in [3.8, 4) is 0 Å². The van der Waals surface area contributed by atoms with E-state index in [1.54, 1.807) is 0 Å². The molecule has 0 spiro atoms. The van der Waals surface area contributed by atoms with Gasteiger partial charge in [-0.25, -0.2) is 4.79 Å². The zero-order valence-corrected chi connectivity index (χ0v) is 27.0. The minimum absolute atomic E-state index is 0.0552. The molecule has 1 aliphatic rings. The third kappa shape index (κ3) is 22.8. The molecule has 0 aromatic rings. The fraction of sp³-hybridized carbons (Fsp3) is 0.811. The third-order valence-electron chi connectivity index (χ3n) is 8.32. The molecule has 0 fully saturated rings. The molecule has 2 N–H and O–H groups in total. The number of hydrogen-bond acceptors (Lipinski definition) is 4. The van der Waals surface area contributed by atoms with Gasteiger partial charge in [-0.05, 0) is 70.8 Å². The van der Waals surface area contributed by atoms with Gasteiger partial charge < -0.3 is 14.9 Å². The van der Waals surface area contributed by atoms with Crippen molar-refractivity contribution in [2.45, 2.75) is 193 Å². The van der Waals surface area contributed by atoms with Crippen LogP contribution in [0.15, 0.2) is 36.0 Å². The van der Waals surface area contributed by atoms with Crippen molar-refractivity contribution in [1.82, 2.24) is 0 Å². The number of aliphatic hydroxyl groups excluding tert-OH is 2. The van der Waals surface area contributed by atoms with Crippen LogP contribution in [0.1, 0.15) is 174 Å². The second kappa shape index (κ2) is 27.4. The molecule has 4 heteroatoms. The molecular weight excluding hydrogens is 508 g/mol. The summed E-state index contributed by atoms with van der Waals surface area (Å²) in [6, 6.07) is 0. The quantitative estimate of drug-likeness (QED) is 0.0530. The van der Waals surface area contributed by atoms with Crippen LogP contribution in [0.25, 0.3) is 0 Å². The number of esters is 1. The van der Waals surface area contributed by atoms with Gasteiger partial charge >= 0.3 is 5.97 Å². The van der Waals surface area contributed by atoms with E-state index in [-0.39, 0.29) is 12.1 Å². The predicted octanol–water partition coefficient (Wildman–Crippen LogP) is 10.5. The van der Waals surface area contributed by atoms with Crippen LogP contribution >= 0.6 is 0 Å². The number of cyclic esters (lactones) is 1. The molecule has 0 aliphatic carbocycles. The fourth-order valence-electron chi connectivity index (χ4n) is 5.61. The first kappa shape index (κ1) is 37.6. The summed E-state index contributed by atoms with van der Waals surface area (Å²) < 4.78 is 5.13. The standard InChI is InChI=1S/C37H66O4/c1-3-4-5-6-7-8-9-10-11-12-13-14-15-16-17-21-24-27-30-35(38)36(39)31-28-25-22-19-18-20-23-26-29-34-32-33(2)41-37(34)40/h14-15,21,24,32-33,35-36,38-39H,3-13,16-20,22-23,25-31H2,1-2H3/b15-14-,24-21-/t33?,35-,36-/m0/s1. The second-order valence-electron chi connectivity index (χ2n) is 12.4. The predicted molar refractivity (Wildman–Crippen MR) is 175 cm³/mol. The van der Waals surface area contributed by atoms with Crippen LogP contribution < -0.4 is 0 Å². The van der Waals surface area contributed by atoms with Crippen LogP contribution in [0.2, 0.25) is 0 Å². The number of aliphatic hydroxyl groups is 2. The van der Waals surface area contributed by atoms with Crippen molar-refractivity contribution in [3.05, 3.63) is 36.0 Å². The Morgan fingerprint density at radius 1 is 0.634 bits per heavy atom. The number of carbonyl (C=O) groups excluding carboxylic acids is 1. The van der Waals surface area contributed by atoms with E-state index in [4.69, 9.17) is 4.74 Å². The van der Waals surface area contributed by atoms with Gasteiger partial charge in [-0.2, -0.15) is 0 Å². The summed E-state index contributed by atoms with van der Waals surface area (Å²) in [7, 11) is 0. The summed E-state index contributed by atoms with van der Waals surface area (Å²) in [6.45, 7) is 4.18. The summed E-state index contributed by atoms with van der Waals surface area (Å²) in [5.41, 5.74) is 0.854. The highest BCUT2D eigenvalue weighted by atomic mass is 16.5. The van der Waals surface area contributed by atoms with E-state index in [9.17, 15) is 15.0 Å². The Hall–Kier alpha value is -1.39. The van der Waals surface area contributed by atoms with Crippen LogP contribution in [0.4, 0.5) is 0 Å². The summed E-state index contributed by atoms with van der Waals surface area (Å²) in [6.07, 6.45) is 39.2. The molecule has 238 valence electrons. The van der Waals surface area contributed by atoms with Crippen LogP contribution in [-0.4, -0.2) is 34.5 Å². The molecular formula is C37H66O4. The maximum absolute atomic E-state index is 11.6. The molecule has 0 aromatic heterocycles. The monoisotopic (exact) mass is 574 g/mol. The maximum Gasteiger partial charge on any atom is 0.334 e. The molecule has 1 unspecified atom stereocenters. The fourth-order valence-corrected chi connectivity index (χ4v) is 5.61. The van der Waals surface area contributed by atoms with Gasteiger partial charge in [-0.1, -0.05) is 134 Å². The maximum atomic E-state index is 11.6. The number of rotatable bonds is 29. The van der Waals surface area contributed by atoms with Crippen LogP contribution in [0, 0.1) is 0 Å². The van der Waals surface area contributed by atoms with Crippen LogP contribution in [0.5, 0.6) is 0 Å². The Kier molecular flexibility index (Phi) is 25.2. The Morgan fingerprint density at radius 3 is 1.66 bits per heavy atom. The zero-order valence-electron chi connectivity index (χ0n) is 27.0. The lowest BCUT2D eigenvalue weighted by Gasteiger charge is -2.17. The van der Waals surface area contributed by atoms with Gasteiger partial charge in [0.1, 0.15) is 6.10 Å². The van der Waals surface area contributed by atoms with Crippen molar-refractivity contribution in [3.63, 3.8) is 0 Å². The van der Waals surface area contributed by atoms with Gasteiger partial charge in [0.15, 0.2) is 0 Å². The van der Waals surface area contributed by atoms with Crippen LogP contribution in [0.3, 0.4) is 0 Å². The smallest absolute Gasteiger partial charge is 0.334 e. The number of hydrogen-bond donors (Lipinski definition) is 2. The summed E-state index contributed by atoms with van der Waals surface area (Å²) >= 11 is 0. The lowest BCUT2D eigenvalue weighted by Crippen LogP contribution is -2.25. The van der Waals surface area contributed by atoms with Crippen LogP contribution in [-0.2, 0) is 9.53 Å². The Labute approximate surface area is 254 Å². The Morgan fingerprint density at radius 2 is 1.10 bits per heavy atom. The highest BCUT2D eigenvalue weighted by Crippen LogP contribution is 2.20. The van der Waals surface area contributed by atoms with E-state index in [1.807, 2.05) is 13.0 Å². The molecule has 1 aliphatic heterocycles. The average Bonchev–Trinajstić information content (AvgIpc) is 3.29. The molecule has 0 radical (unpaired) electrons.